The molecule has 20 heavy (non-hydrogen) atoms. The van der Waals surface area contributed by atoms with Crippen LogP contribution < -0.4 is 10.6 Å². The molecule has 1 atom stereocenters. The lowest BCUT2D eigenvalue weighted by Gasteiger charge is -2.30. The van der Waals surface area contributed by atoms with Crippen LogP contribution in [0.25, 0.3) is 0 Å². The highest BCUT2D eigenvalue weighted by Crippen LogP contribution is 2.23. The van der Waals surface area contributed by atoms with Gasteiger partial charge in [-0.15, -0.1) is 11.6 Å². The molecule has 4 nitrogen and oxygen atoms in total. The van der Waals surface area contributed by atoms with Crippen molar-refractivity contribution in [3.8, 4) is 0 Å². The Balaban J connectivity index is 0.00000172. The van der Waals surface area contributed by atoms with E-state index in [9.17, 15) is 4.79 Å². The van der Waals surface area contributed by atoms with Crippen LogP contribution in [-0.4, -0.2) is 31.5 Å². The molecule has 2 N–H and O–H groups in total. The molecule has 0 aromatic heterocycles. The lowest BCUT2D eigenvalue weighted by Crippen LogP contribution is -2.42. The molecule has 1 rings (SSSR count). The van der Waals surface area contributed by atoms with Crippen molar-refractivity contribution in [1.82, 2.24) is 0 Å². The maximum atomic E-state index is 12.0. The summed E-state index contributed by atoms with van der Waals surface area (Å²) in [5.41, 5.74) is 7.42. The molecular weight excluding hydrogens is 276 g/mol. The number of nitrogens with two attached hydrogens (primary N) is 1. The normalized spacial score (nSPS) is 11.3. The fourth-order valence-corrected chi connectivity index (χ4v) is 2.04. The molecule has 0 aliphatic carbocycles. The van der Waals surface area contributed by atoms with Gasteiger partial charge >= 0.3 is 0 Å². The van der Waals surface area contributed by atoms with Gasteiger partial charge in [0.1, 0.15) is 5.88 Å². The van der Waals surface area contributed by atoms with Crippen LogP contribution in [-0.2, 0) is 16.1 Å². The lowest BCUT2D eigenvalue weighted by molar-refractivity contribution is -0.116. The monoisotopic (exact) mass is 300 g/mol. The third-order valence-corrected chi connectivity index (χ3v) is 2.93. The summed E-state index contributed by atoms with van der Waals surface area (Å²) in [4.78, 5) is 13.6. The number of alkyl halides is 1. The van der Waals surface area contributed by atoms with Crippen LogP contribution in [0.15, 0.2) is 24.3 Å². The summed E-state index contributed by atoms with van der Waals surface area (Å²) in [6, 6.07) is 7.47. The highest BCUT2D eigenvalue weighted by Gasteiger charge is 2.22. The minimum absolute atomic E-state index is 0.0625. The topological polar surface area (TPSA) is 55.6 Å². The third-order valence-electron chi connectivity index (χ3n) is 2.70. The zero-order chi connectivity index (χ0) is 15.5. The molecule has 5 heteroatoms. The second-order valence-electron chi connectivity index (χ2n) is 4.03. The Labute approximate surface area is 126 Å². The van der Waals surface area contributed by atoms with Gasteiger partial charge in [0, 0.05) is 19.3 Å². The number of para-hydroxylation sites is 1. The first-order chi connectivity index (χ1) is 9.65. The van der Waals surface area contributed by atoms with Crippen molar-refractivity contribution < 1.29 is 9.53 Å². The van der Waals surface area contributed by atoms with Gasteiger partial charge in [0.15, 0.2) is 0 Å². The predicted octanol–water partition coefficient (Wildman–Crippen LogP) is 2.78. The van der Waals surface area contributed by atoms with Crippen LogP contribution in [0.1, 0.15) is 26.3 Å². The molecule has 0 aliphatic rings. The molecule has 0 radical (unpaired) electrons. The molecule has 0 heterocycles. The van der Waals surface area contributed by atoms with Crippen molar-refractivity contribution >= 4 is 23.2 Å². The summed E-state index contributed by atoms with van der Waals surface area (Å²) in [5.74, 6) is -0.213. The number of amides is 1. The molecule has 1 amide bonds. The Hall–Kier alpha value is -1.10. The van der Waals surface area contributed by atoms with Crippen molar-refractivity contribution in [2.75, 3.05) is 24.5 Å². The first kappa shape index (κ1) is 18.9. The van der Waals surface area contributed by atoms with Crippen LogP contribution >= 0.6 is 11.6 Å². The number of nitrogens with zero attached hydrogens (tertiary/aromatic N) is 1. The minimum Gasteiger partial charge on any atom is -0.383 e. The Morgan fingerprint density at radius 1 is 1.40 bits per heavy atom. The second-order valence-corrected chi connectivity index (χ2v) is 4.30. The fourth-order valence-electron chi connectivity index (χ4n) is 1.92. The van der Waals surface area contributed by atoms with Gasteiger partial charge in [-0.25, -0.2) is 0 Å². The smallest absolute Gasteiger partial charge is 0.242 e. The Morgan fingerprint density at radius 3 is 2.50 bits per heavy atom. The Bertz CT molecular complexity index is 399. The average molecular weight is 301 g/mol. The van der Waals surface area contributed by atoms with E-state index in [0.29, 0.717) is 13.2 Å². The van der Waals surface area contributed by atoms with E-state index >= 15 is 0 Å². The van der Waals surface area contributed by atoms with Crippen LogP contribution in [0.3, 0.4) is 0 Å². The van der Waals surface area contributed by atoms with Gasteiger partial charge in [-0.2, -0.15) is 0 Å². The third kappa shape index (κ3) is 5.12. The number of ether oxygens (including phenoxy) is 1. The number of hydrogen-bond acceptors (Lipinski definition) is 3. The van der Waals surface area contributed by atoms with Crippen molar-refractivity contribution in [3.63, 3.8) is 0 Å². The van der Waals surface area contributed by atoms with E-state index < -0.39 is 0 Å². The van der Waals surface area contributed by atoms with E-state index in [-0.39, 0.29) is 17.8 Å². The summed E-state index contributed by atoms with van der Waals surface area (Å²) in [6.45, 7) is 6.74. The minimum atomic E-state index is -0.151. The molecular formula is C15H25ClN2O2. The lowest BCUT2D eigenvalue weighted by atomic mass is 10.1. The molecule has 0 spiro atoms. The number of halogens is 1. The number of carbonyl (C=O) groups excluding carboxylic acids is 1. The number of carbonyl (C=O) groups is 1. The Kier molecular flexibility index (Phi) is 10.1. The molecule has 114 valence electrons. The van der Waals surface area contributed by atoms with Gasteiger partial charge in [0.2, 0.25) is 5.91 Å². The van der Waals surface area contributed by atoms with E-state index in [0.717, 1.165) is 11.3 Å². The summed E-state index contributed by atoms with van der Waals surface area (Å²) in [6.07, 6.45) is 0. The zero-order valence-corrected chi connectivity index (χ0v) is 13.5. The second kappa shape index (κ2) is 10.7. The van der Waals surface area contributed by atoms with Crippen molar-refractivity contribution in [2.24, 2.45) is 5.73 Å². The van der Waals surface area contributed by atoms with E-state index in [1.807, 2.05) is 45.0 Å². The summed E-state index contributed by atoms with van der Waals surface area (Å²) >= 11 is 5.67. The van der Waals surface area contributed by atoms with Crippen LogP contribution in [0.5, 0.6) is 0 Å². The van der Waals surface area contributed by atoms with E-state index in [1.54, 1.807) is 12.0 Å². The zero-order valence-electron chi connectivity index (χ0n) is 12.7. The van der Waals surface area contributed by atoms with Crippen molar-refractivity contribution in [1.29, 1.82) is 0 Å². The summed E-state index contributed by atoms with van der Waals surface area (Å²) < 4.78 is 5.11. The van der Waals surface area contributed by atoms with Gasteiger partial charge in [-0.05, 0) is 18.6 Å². The number of benzene rings is 1. The van der Waals surface area contributed by atoms with E-state index in [2.05, 4.69) is 0 Å². The largest absolute Gasteiger partial charge is 0.383 e. The van der Waals surface area contributed by atoms with Gasteiger partial charge in [-0.1, -0.05) is 32.0 Å². The van der Waals surface area contributed by atoms with Gasteiger partial charge in [0.25, 0.3) is 0 Å². The molecule has 0 aliphatic heterocycles. The maximum absolute atomic E-state index is 12.0. The van der Waals surface area contributed by atoms with Gasteiger partial charge < -0.3 is 15.4 Å². The molecule has 0 saturated carbocycles. The number of methoxy groups -OCH3 is 1. The Morgan fingerprint density at radius 2 is 2.00 bits per heavy atom. The average Bonchev–Trinajstić information content (AvgIpc) is 2.50. The molecule has 1 aromatic rings. The standard InChI is InChI=1S/C13H19ClN2O2.C2H6/c1-10(9-18-2)16(13(17)7-14)12-6-4-3-5-11(12)8-15;1-2/h3-6,10H,7-9,15H2,1-2H3;1-2H3. The molecule has 0 saturated heterocycles. The summed E-state index contributed by atoms with van der Waals surface area (Å²) in [7, 11) is 1.61. The quantitative estimate of drug-likeness (QED) is 0.822. The first-order valence-corrected chi connectivity index (χ1v) is 7.34. The molecule has 0 bridgehead atoms. The van der Waals surface area contributed by atoms with Crippen LogP contribution in [0.4, 0.5) is 5.69 Å². The SMILES string of the molecule is CC.COCC(C)N(C(=O)CCl)c1ccccc1CN. The van der Waals surface area contributed by atoms with Crippen LogP contribution in [0, 0.1) is 0 Å². The predicted molar refractivity (Wildman–Crippen MR) is 85.2 cm³/mol. The highest BCUT2D eigenvalue weighted by molar-refractivity contribution is 6.29. The number of anilines is 1. The fraction of sp³-hybridized carbons (Fsp3) is 0.533. The number of rotatable bonds is 6. The first-order valence-electron chi connectivity index (χ1n) is 6.80. The molecule has 1 unspecified atom stereocenters. The molecule has 1 aromatic carbocycles. The summed E-state index contributed by atoms with van der Waals surface area (Å²) in [5, 5.41) is 0. The van der Waals surface area contributed by atoms with Crippen molar-refractivity contribution in [2.45, 2.75) is 33.4 Å². The maximum Gasteiger partial charge on any atom is 0.242 e. The molecule has 0 fully saturated rings. The van der Waals surface area contributed by atoms with E-state index in [1.165, 1.54) is 0 Å². The van der Waals surface area contributed by atoms with Gasteiger partial charge in [0.05, 0.1) is 12.6 Å². The van der Waals surface area contributed by atoms with Crippen LogP contribution in [0.2, 0.25) is 0 Å². The highest BCUT2D eigenvalue weighted by atomic mass is 35.5. The van der Waals surface area contributed by atoms with Crippen molar-refractivity contribution in [3.05, 3.63) is 29.8 Å². The van der Waals surface area contributed by atoms with Gasteiger partial charge in [-0.3, -0.25) is 4.79 Å². The van der Waals surface area contributed by atoms with E-state index in [4.69, 9.17) is 22.1 Å². The number of hydrogen-bond donors (Lipinski definition) is 1.